The quantitative estimate of drug-likeness (QED) is 0.650. The lowest BCUT2D eigenvalue weighted by Gasteiger charge is -2.06. The number of benzene rings is 1. The molecule has 0 radical (unpaired) electrons. The van der Waals surface area contributed by atoms with E-state index < -0.39 is 0 Å². The minimum absolute atomic E-state index is 0.510. The van der Waals surface area contributed by atoms with E-state index in [1.165, 1.54) is 10.9 Å². The fourth-order valence-corrected chi connectivity index (χ4v) is 1.93. The van der Waals surface area contributed by atoms with Crippen LogP contribution in [0.1, 0.15) is 19.4 Å². The van der Waals surface area contributed by atoms with E-state index in [0.717, 1.165) is 13.0 Å². The third-order valence-electron chi connectivity index (χ3n) is 1.72. The van der Waals surface area contributed by atoms with Crippen molar-refractivity contribution in [1.82, 2.24) is 0 Å². The molecule has 0 saturated heterocycles. The summed E-state index contributed by atoms with van der Waals surface area (Å²) in [6.07, 6.45) is 1.09. The topological polar surface area (TPSA) is 9.23 Å². The smallest absolute Gasteiger partial charge is 0.0481 e. The molecule has 0 heterocycles. The summed E-state index contributed by atoms with van der Waals surface area (Å²) in [4.78, 5) is 0. The summed E-state index contributed by atoms with van der Waals surface area (Å²) in [5.41, 5.74) is 1.41. The summed E-state index contributed by atoms with van der Waals surface area (Å²) < 4.78 is 5.39. The van der Waals surface area contributed by atoms with Gasteiger partial charge in [-0.25, -0.2) is 0 Å². The lowest BCUT2D eigenvalue weighted by atomic mass is 10.2. The Labute approximate surface area is 76.0 Å². The van der Waals surface area contributed by atoms with Gasteiger partial charge >= 0.3 is 0 Å². The van der Waals surface area contributed by atoms with E-state index in [1.807, 2.05) is 6.92 Å². The highest BCUT2D eigenvalue weighted by Gasteiger charge is 1.98. The molecule has 0 saturated carbocycles. The zero-order valence-electron chi connectivity index (χ0n) is 7.63. The Bertz CT molecular complexity index is 235. The molecule has 1 aromatic rings. The van der Waals surface area contributed by atoms with Gasteiger partial charge in [-0.15, -0.1) is 0 Å². The van der Waals surface area contributed by atoms with E-state index in [9.17, 15) is 0 Å². The van der Waals surface area contributed by atoms with Crippen molar-refractivity contribution in [2.75, 3.05) is 6.61 Å². The van der Waals surface area contributed by atoms with Crippen molar-refractivity contribution in [2.45, 2.75) is 20.3 Å². The molecular weight excluding hydrogens is 167 g/mol. The predicted molar refractivity (Wildman–Crippen MR) is 55.4 cm³/mol. The normalized spacial score (nSPS) is 11.2. The molecule has 1 atom stereocenters. The largest absolute Gasteiger partial charge is 0.358 e. The van der Waals surface area contributed by atoms with Crippen LogP contribution in [-0.2, 0) is 10.9 Å². The first-order valence-corrected chi connectivity index (χ1v) is 5.25. The van der Waals surface area contributed by atoms with E-state index in [1.54, 1.807) is 0 Å². The summed E-state index contributed by atoms with van der Waals surface area (Å²) >= 11 is 0. The van der Waals surface area contributed by atoms with Crippen LogP contribution in [0.2, 0.25) is 0 Å². The molecule has 66 valence electrons. The van der Waals surface area contributed by atoms with Gasteiger partial charge in [0.15, 0.2) is 0 Å². The highest BCUT2D eigenvalue weighted by atomic mass is 31.1. The van der Waals surface area contributed by atoms with Gasteiger partial charge in [0.1, 0.15) is 0 Å². The molecule has 0 aliphatic heterocycles. The molecule has 1 rings (SSSR count). The zero-order chi connectivity index (χ0) is 8.81. The highest BCUT2D eigenvalue weighted by Crippen LogP contribution is 2.14. The number of aryl methyl sites for hydroxylation is 1. The third-order valence-corrected chi connectivity index (χ3v) is 2.87. The summed E-state index contributed by atoms with van der Waals surface area (Å²) in [6.45, 7) is 5.01. The van der Waals surface area contributed by atoms with E-state index in [4.69, 9.17) is 4.52 Å². The molecule has 1 unspecified atom stereocenters. The first-order valence-electron chi connectivity index (χ1n) is 4.34. The Morgan fingerprint density at radius 1 is 1.25 bits per heavy atom. The minimum Gasteiger partial charge on any atom is -0.358 e. The fraction of sp³-hybridized carbons (Fsp3) is 0.400. The number of hydrogen-bond acceptors (Lipinski definition) is 1. The Kier molecular flexibility index (Phi) is 4.27. The molecule has 0 spiro atoms. The molecule has 0 aromatic heterocycles. The van der Waals surface area contributed by atoms with Gasteiger partial charge in [-0.05, 0) is 18.9 Å². The standard InChI is InChI=1S/C10H15OP/c1-3-9-7-5-6-8-10(9)12-11-4-2/h5-8,12H,3-4H2,1-2H3. The summed E-state index contributed by atoms with van der Waals surface area (Å²) in [6, 6.07) is 8.47. The average Bonchev–Trinajstić information content (AvgIpc) is 2.15. The van der Waals surface area contributed by atoms with Crippen molar-refractivity contribution in [1.29, 1.82) is 0 Å². The van der Waals surface area contributed by atoms with Crippen molar-refractivity contribution >= 4 is 14.1 Å². The monoisotopic (exact) mass is 182 g/mol. The molecule has 2 heteroatoms. The second kappa shape index (κ2) is 5.29. The molecule has 0 N–H and O–H groups in total. The number of rotatable bonds is 4. The van der Waals surface area contributed by atoms with Gasteiger partial charge in [0.05, 0.1) is 0 Å². The Morgan fingerprint density at radius 3 is 2.67 bits per heavy atom. The Balaban J connectivity index is 2.68. The second-order valence-electron chi connectivity index (χ2n) is 2.55. The van der Waals surface area contributed by atoms with Crippen molar-refractivity contribution < 1.29 is 4.52 Å². The SMILES string of the molecule is CCOPc1ccccc1CC. The van der Waals surface area contributed by atoms with Crippen LogP contribution in [0.3, 0.4) is 0 Å². The van der Waals surface area contributed by atoms with E-state index >= 15 is 0 Å². The first-order chi connectivity index (χ1) is 5.88. The molecular formula is C10H15OP. The van der Waals surface area contributed by atoms with Gasteiger partial charge in [-0.1, -0.05) is 31.2 Å². The van der Waals surface area contributed by atoms with Crippen molar-refractivity contribution in [3.05, 3.63) is 29.8 Å². The van der Waals surface area contributed by atoms with Crippen LogP contribution in [0.25, 0.3) is 0 Å². The molecule has 1 aromatic carbocycles. The first kappa shape index (κ1) is 9.70. The summed E-state index contributed by atoms with van der Waals surface area (Å²) in [5.74, 6) is 0. The van der Waals surface area contributed by atoms with Gasteiger partial charge in [0.25, 0.3) is 0 Å². The van der Waals surface area contributed by atoms with Crippen LogP contribution in [0.15, 0.2) is 24.3 Å². The van der Waals surface area contributed by atoms with E-state index in [0.29, 0.717) is 8.81 Å². The molecule has 0 amide bonds. The van der Waals surface area contributed by atoms with Crippen molar-refractivity contribution in [2.24, 2.45) is 0 Å². The molecule has 0 fully saturated rings. The van der Waals surface area contributed by atoms with Gasteiger partial charge in [0, 0.05) is 20.7 Å². The van der Waals surface area contributed by atoms with Gasteiger partial charge < -0.3 is 4.52 Å². The molecule has 1 nitrogen and oxygen atoms in total. The van der Waals surface area contributed by atoms with Crippen LogP contribution >= 0.6 is 8.81 Å². The maximum absolute atomic E-state index is 5.39. The second-order valence-corrected chi connectivity index (χ2v) is 3.58. The fourth-order valence-electron chi connectivity index (χ4n) is 1.08. The maximum Gasteiger partial charge on any atom is 0.0481 e. The highest BCUT2D eigenvalue weighted by molar-refractivity contribution is 7.42. The molecule has 0 bridgehead atoms. The summed E-state index contributed by atoms with van der Waals surface area (Å²) in [7, 11) is 0.510. The van der Waals surface area contributed by atoms with Crippen molar-refractivity contribution in [3.8, 4) is 0 Å². The van der Waals surface area contributed by atoms with Gasteiger partial charge in [-0.3, -0.25) is 0 Å². The third kappa shape index (κ3) is 2.58. The lowest BCUT2D eigenvalue weighted by molar-refractivity contribution is 0.394. The summed E-state index contributed by atoms with van der Waals surface area (Å²) in [5, 5.41) is 1.35. The van der Waals surface area contributed by atoms with Crippen LogP contribution in [-0.4, -0.2) is 6.61 Å². The average molecular weight is 182 g/mol. The van der Waals surface area contributed by atoms with Crippen LogP contribution in [0.5, 0.6) is 0 Å². The lowest BCUT2D eigenvalue weighted by Crippen LogP contribution is -2.02. The molecule has 0 aliphatic carbocycles. The maximum atomic E-state index is 5.39. The molecule has 0 aliphatic rings. The van der Waals surface area contributed by atoms with E-state index in [-0.39, 0.29) is 0 Å². The van der Waals surface area contributed by atoms with Gasteiger partial charge in [-0.2, -0.15) is 0 Å². The Morgan fingerprint density at radius 2 is 2.00 bits per heavy atom. The van der Waals surface area contributed by atoms with Crippen LogP contribution < -0.4 is 5.30 Å². The number of hydrogen-bond donors (Lipinski definition) is 0. The van der Waals surface area contributed by atoms with Crippen LogP contribution in [0, 0.1) is 0 Å². The molecule has 12 heavy (non-hydrogen) atoms. The predicted octanol–water partition coefficient (Wildman–Crippen LogP) is 2.50. The zero-order valence-corrected chi connectivity index (χ0v) is 8.63. The van der Waals surface area contributed by atoms with Crippen LogP contribution in [0.4, 0.5) is 0 Å². The Hall–Kier alpha value is -0.390. The minimum atomic E-state index is 0.510. The van der Waals surface area contributed by atoms with Gasteiger partial charge in [0.2, 0.25) is 0 Å². The van der Waals surface area contributed by atoms with E-state index in [2.05, 4.69) is 31.2 Å². The van der Waals surface area contributed by atoms with Crippen molar-refractivity contribution in [3.63, 3.8) is 0 Å².